The highest BCUT2D eigenvalue weighted by atomic mass is 79.9. The minimum atomic E-state index is 0.236. The summed E-state index contributed by atoms with van der Waals surface area (Å²) >= 11 is 3.96. The van der Waals surface area contributed by atoms with Crippen LogP contribution in [0.15, 0.2) is 60.7 Å². The van der Waals surface area contributed by atoms with E-state index < -0.39 is 0 Å². The van der Waals surface area contributed by atoms with Crippen molar-refractivity contribution in [1.29, 1.82) is 0 Å². The summed E-state index contributed by atoms with van der Waals surface area (Å²) in [6.45, 7) is 4.42. The zero-order chi connectivity index (χ0) is 14.8. The predicted molar refractivity (Wildman–Crippen MR) is 95.3 cm³/mol. The van der Waals surface area contributed by atoms with Gasteiger partial charge in [0.2, 0.25) is 0 Å². The Kier molecular flexibility index (Phi) is 4.12. The minimum Gasteiger partial charge on any atom is -0.0786 e. The SMILES string of the molecule is CCc1ccccc1C(Br)c1c(C)ccc2ccccc12. The quantitative estimate of drug-likeness (QED) is 0.499. The molecule has 1 atom stereocenters. The molecule has 3 aromatic carbocycles. The minimum absolute atomic E-state index is 0.236. The highest BCUT2D eigenvalue weighted by Gasteiger charge is 2.17. The zero-order valence-electron chi connectivity index (χ0n) is 12.4. The van der Waals surface area contributed by atoms with Crippen molar-refractivity contribution in [1.82, 2.24) is 0 Å². The molecule has 0 aliphatic carbocycles. The van der Waals surface area contributed by atoms with Gasteiger partial charge in [-0.25, -0.2) is 0 Å². The Morgan fingerprint density at radius 2 is 1.62 bits per heavy atom. The Balaban J connectivity index is 2.22. The molecule has 0 radical (unpaired) electrons. The van der Waals surface area contributed by atoms with E-state index in [4.69, 9.17) is 0 Å². The van der Waals surface area contributed by atoms with Crippen molar-refractivity contribution in [3.8, 4) is 0 Å². The molecule has 21 heavy (non-hydrogen) atoms. The molecule has 3 rings (SSSR count). The van der Waals surface area contributed by atoms with Crippen molar-refractivity contribution in [2.24, 2.45) is 0 Å². The highest BCUT2D eigenvalue weighted by Crippen LogP contribution is 2.38. The number of alkyl halides is 1. The monoisotopic (exact) mass is 338 g/mol. The number of benzene rings is 3. The molecule has 0 nitrogen and oxygen atoms in total. The van der Waals surface area contributed by atoms with Crippen LogP contribution in [0.3, 0.4) is 0 Å². The van der Waals surface area contributed by atoms with Gasteiger partial charge >= 0.3 is 0 Å². The van der Waals surface area contributed by atoms with Crippen molar-refractivity contribution < 1.29 is 0 Å². The lowest BCUT2D eigenvalue weighted by atomic mass is 9.92. The summed E-state index contributed by atoms with van der Waals surface area (Å²) < 4.78 is 0. The number of aryl methyl sites for hydroxylation is 2. The van der Waals surface area contributed by atoms with Crippen molar-refractivity contribution in [3.05, 3.63) is 82.9 Å². The van der Waals surface area contributed by atoms with E-state index in [0.717, 1.165) is 6.42 Å². The molecule has 0 heterocycles. The van der Waals surface area contributed by atoms with Gasteiger partial charge in [-0.1, -0.05) is 83.5 Å². The van der Waals surface area contributed by atoms with Crippen LogP contribution in [0.2, 0.25) is 0 Å². The van der Waals surface area contributed by atoms with E-state index in [9.17, 15) is 0 Å². The van der Waals surface area contributed by atoms with Crippen molar-refractivity contribution >= 4 is 26.7 Å². The second-order valence-corrected chi connectivity index (χ2v) is 6.35. The third-order valence-electron chi connectivity index (χ3n) is 4.15. The van der Waals surface area contributed by atoms with Gasteiger partial charge in [0.1, 0.15) is 0 Å². The van der Waals surface area contributed by atoms with Crippen LogP contribution >= 0.6 is 15.9 Å². The van der Waals surface area contributed by atoms with Crippen LogP contribution in [0, 0.1) is 6.92 Å². The maximum atomic E-state index is 3.96. The van der Waals surface area contributed by atoms with E-state index in [-0.39, 0.29) is 4.83 Å². The summed E-state index contributed by atoms with van der Waals surface area (Å²) in [5.74, 6) is 0. The number of hydrogen-bond donors (Lipinski definition) is 0. The molecule has 106 valence electrons. The molecule has 0 fully saturated rings. The first-order chi connectivity index (χ1) is 10.2. The Labute approximate surface area is 134 Å². The Morgan fingerprint density at radius 3 is 2.43 bits per heavy atom. The van der Waals surface area contributed by atoms with Crippen LogP contribution in [0.25, 0.3) is 10.8 Å². The van der Waals surface area contributed by atoms with Crippen LogP contribution in [-0.4, -0.2) is 0 Å². The molecular formula is C20H19Br. The normalized spacial score (nSPS) is 12.5. The molecule has 0 saturated heterocycles. The molecule has 1 unspecified atom stereocenters. The topological polar surface area (TPSA) is 0 Å². The average Bonchev–Trinajstić information content (AvgIpc) is 2.54. The second-order valence-electron chi connectivity index (χ2n) is 5.43. The fourth-order valence-electron chi connectivity index (χ4n) is 3.00. The lowest BCUT2D eigenvalue weighted by Gasteiger charge is -2.19. The third kappa shape index (κ3) is 2.63. The van der Waals surface area contributed by atoms with Gasteiger partial charge in [-0.15, -0.1) is 0 Å². The van der Waals surface area contributed by atoms with Crippen molar-refractivity contribution in [2.75, 3.05) is 0 Å². The van der Waals surface area contributed by atoms with Crippen LogP contribution in [0.5, 0.6) is 0 Å². The first-order valence-corrected chi connectivity index (χ1v) is 8.34. The lowest BCUT2D eigenvalue weighted by molar-refractivity contribution is 1.05. The van der Waals surface area contributed by atoms with Gasteiger partial charge in [0.15, 0.2) is 0 Å². The second kappa shape index (κ2) is 6.03. The highest BCUT2D eigenvalue weighted by molar-refractivity contribution is 9.09. The van der Waals surface area contributed by atoms with Gasteiger partial charge in [-0.2, -0.15) is 0 Å². The number of fused-ring (bicyclic) bond motifs is 1. The van der Waals surface area contributed by atoms with E-state index in [1.807, 2.05) is 0 Å². The van der Waals surface area contributed by atoms with Gasteiger partial charge in [-0.05, 0) is 46.4 Å². The predicted octanol–water partition coefficient (Wildman–Crippen LogP) is 6.19. The van der Waals surface area contributed by atoms with Gasteiger partial charge in [0, 0.05) is 0 Å². The third-order valence-corrected chi connectivity index (χ3v) is 5.10. The van der Waals surface area contributed by atoms with E-state index >= 15 is 0 Å². The van der Waals surface area contributed by atoms with Crippen LogP contribution in [0.1, 0.15) is 34.0 Å². The smallest absolute Gasteiger partial charge is 0.0655 e. The molecule has 0 aliphatic heterocycles. The van der Waals surface area contributed by atoms with Gasteiger partial charge < -0.3 is 0 Å². The standard InChI is InChI=1S/C20H19Br/c1-3-15-8-4-7-11-18(15)20(21)19-14(2)12-13-16-9-5-6-10-17(16)19/h4-13,20H,3H2,1-2H3. The maximum Gasteiger partial charge on any atom is 0.0655 e. The molecule has 1 heteroatoms. The van der Waals surface area contributed by atoms with E-state index in [1.165, 1.54) is 33.0 Å². The molecule has 0 bridgehead atoms. The molecular weight excluding hydrogens is 320 g/mol. The van der Waals surface area contributed by atoms with E-state index in [2.05, 4.69) is 90.4 Å². The van der Waals surface area contributed by atoms with Crippen LogP contribution in [-0.2, 0) is 6.42 Å². The fraction of sp³-hybridized carbons (Fsp3) is 0.200. The van der Waals surface area contributed by atoms with Crippen LogP contribution < -0.4 is 0 Å². The van der Waals surface area contributed by atoms with Gasteiger partial charge in [0.25, 0.3) is 0 Å². The van der Waals surface area contributed by atoms with E-state index in [0.29, 0.717) is 0 Å². The maximum absolute atomic E-state index is 3.96. The summed E-state index contributed by atoms with van der Waals surface area (Å²) in [6.07, 6.45) is 1.06. The van der Waals surface area contributed by atoms with Crippen molar-refractivity contribution in [3.63, 3.8) is 0 Å². The summed E-state index contributed by atoms with van der Waals surface area (Å²) in [6, 6.07) is 21.8. The van der Waals surface area contributed by atoms with Gasteiger partial charge in [0.05, 0.1) is 4.83 Å². The fourth-order valence-corrected chi connectivity index (χ4v) is 4.05. The summed E-state index contributed by atoms with van der Waals surface area (Å²) in [5.41, 5.74) is 5.50. The number of halogens is 1. The Bertz CT molecular complexity index is 774. The molecule has 0 spiro atoms. The van der Waals surface area contributed by atoms with Crippen LogP contribution in [0.4, 0.5) is 0 Å². The molecule has 3 aromatic rings. The lowest BCUT2D eigenvalue weighted by Crippen LogP contribution is -2.01. The Morgan fingerprint density at radius 1 is 0.905 bits per heavy atom. The van der Waals surface area contributed by atoms with E-state index in [1.54, 1.807) is 0 Å². The largest absolute Gasteiger partial charge is 0.0786 e. The molecule has 0 N–H and O–H groups in total. The average molecular weight is 339 g/mol. The summed E-state index contributed by atoms with van der Waals surface area (Å²) in [7, 11) is 0. The Hall–Kier alpha value is -1.60. The van der Waals surface area contributed by atoms with Crippen molar-refractivity contribution in [2.45, 2.75) is 25.1 Å². The first kappa shape index (κ1) is 14.3. The number of hydrogen-bond acceptors (Lipinski definition) is 0. The van der Waals surface area contributed by atoms with Gasteiger partial charge in [-0.3, -0.25) is 0 Å². The number of rotatable bonds is 3. The molecule has 0 amide bonds. The summed E-state index contributed by atoms with van der Waals surface area (Å²) in [4.78, 5) is 0.236. The zero-order valence-corrected chi connectivity index (χ0v) is 14.0. The summed E-state index contributed by atoms with van der Waals surface area (Å²) in [5, 5.41) is 2.64. The molecule has 0 aromatic heterocycles. The molecule has 0 saturated carbocycles. The first-order valence-electron chi connectivity index (χ1n) is 7.42. The molecule has 0 aliphatic rings.